The Morgan fingerprint density at radius 3 is 2.72 bits per heavy atom. The summed E-state index contributed by atoms with van der Waals surface area (Å²) >= 11 is 0. The molecule has 0 spiro atoms. The molecule has 2 N–H and O–H groups in total. The molecule has 2 aliphatic carbocycles. The molecule has 2 unspecified atom stereocenters. The van der Waals surface area contributed by atoms with Gasteiger partial charge in [-0.05, 0) is 105 Å². The summed E-state index contributed by atoms with van der Waals surface area (Å²) in [6.07, 6.45) is 11.7. The molecule has 3 aromatic rings. The predicted octanol–water partition coefficient (Wildman–Crippen LogP) is 5.97. The van der Waals surface area contributed by atoms with Crippen LogP contribution in [0.5, 0.6) is 0 Å². The number of benzene rings is 1. The molecule has 39 heavy (non-hydrogen) atoms. The van der Waals surface area contributed by atoms with E-state index in [1.165, 1.54) is 49.3 Å². The number of hydrogen-bond acceptors (Lipinski definition) is 10. The molecule has 0 fully saturated rings. The third-order valence-electron chi connectivity index (χ3n) is 7.50. The van der Waals surface area contributed by atoms with Crippen LogP contribution in [-0.2, 0) is 27.6 Å². The number of nitriles is 1. The van der Waals surface area contributed by atoms with Gasteiger partial charge in [0.2, 0.25) is 5.95 Å². The number of aromatic nitrogens is 3. The monoisotopic (exact) mass is 541 g/mol. The molecule has 2 aromatic heterocycles. The van der Waals surface area contributed by atoms with E-state index in [9.17, 15) is 9.47 Å². The molecule has 2 aliphatic rings. The summed E-state index contributed by atoms with van der Waals surface area (Å²) in [5, 5.41) is 16.2. The van der Waals surface area contributed by atoms with Crippen molar-refractivity contribution in [2.75, 3.05) is 31.0 Å². The number of likely N-dealkylation sites (N-methyl/N-ethyl adjacent to an activating group) is 1. The Hall–Kier alpha value is -3.81. The molecule has 0 bridgehead atoms. The topological polar surface area (TPSA) is 119 Å². The van der Waals surface area contributed by atoms with Gasteiger partial charge in [0.25, 0.3) is 0 Å². The SMILES string of the molecule is C=Cc1cc(/N=[S-](/C)=O)nc(Nc2nc(Nc3cc4c5c(c3)CC(N(C)C)CCC5CCC4)ncc2C#N)c1. The average molecular weight is 542 g/mol. The van der Waals surface area contributed by atoms with Crippen molar-refractivity contribution in [2.24, 2.45) is 4.36 Å². The van der Waals surface area contributed by atoms with Gasteiger partial charge in [0.15, 0.2) is 5.82 Å². The van der Waals surface area contributed by atoms with Crippen LogP contribution in [0.2, 0.25) is 0 Å². The van der Waals surface area contributed by atoms with Gasteiger partial charge in [0.05, 0.1) is 6.20 Å². The molecule has 2 heterocycles. The molecule has 0 radical (unpaired) electrons. The molecular weight excluding hydrogens is 508 g/mol. The Morgan fingerprint density at radius 1 is 1.15 bits per heavy atom. The van der Waals surface area contributed by atoms with E-state index in [1.807, 2.05) is 0 Å². The number of nitrogens with one attached hydrogen (secondary N) is 2. The minimum atomic E-state index is -1.41. The van der Waals surface area contributed by atoms with E-state index in [2.05, 4.69) is 73.7 Å². The van der Waals surface area contributed by atoms with Crippen molar-refractivity contribution in [1.82, 2.24) is 19.9 Å². The van der Waals surface area contributed by atoms with E-state index < -0.39 is 10.6 Å². The molecule has 0 aliphatic heterocycles. The van der Waals surface area contributed by atoms with Crippen LogP contribution in [0.15, 0.2) is 41.4 Å². The second-order valence-electron chi connectivity index (χ2n) is 10.4. The fourth-order valence-corrected chi connectivity index (χ4v) is 6.04. The number of hydrogen-bond donors (Lipinski definition) is 2. The first-order valence-corrected chi connectivity index (χ1v) is 14.7. The highest BCUT2D eigenvalue weighted by Gasteiger charge is 2.29. The Balaban J connectivity index is 1.47. The van der Waals surface area contributed by atoms with E-state index in [0.29, 0.717) is 35.4 Å². The number of rotatable bonds is 7. The van der Waals surface area contributed by atoms with Crippen LogP contribution in [0.25, 0.3) is 6.08 Å². The third kappa shape index (κ3) is 6.10. The molecule has 9 nitrogen and oxygen atoms in total. The highest BCUT2D eigenvalue weighted by Crippen LogP contribution is 2.42. The summed E-state index contributed by atoms with van der Waals surface area (Å²) < 4.78 is 15.6. The van der Waals surface area contributed by atoms with Gasteiger partial charge >= 0.3 is 0 Å². The molecule has 0 saturated carbocycles. The molecule has 2 atom stereocenters. The zero-order chi connectivity index (χ0) is 27.5. The summed E-state index contributed by atoms with van der Waals surface area (Å²) in [4.78, 5) is 15.8. The first-order valence-electron chi connectivity index (χ1n) is 13.2. The fraction of sp³-hybridized carbons (Fsp3) is 0.379. The van der Waals surface area contributed by atoms with Crippen LogP contribution in [0, 0.1) is 11.3 Å². The van der Waals surface area contributed by atoms with Gasteiger partial charge in [-0.1, -0.05) is 12.7 Å². The number of nitrogens with zero attached hydrogens (tertiary/aromatic N) is 6. The van der Waals surface area contributed by atoms with E-state index >= 15 is 0 Å². The second kappa shape index (κ2) is 11.5. The summed E-state index contributed by atoms with van der Waals surface area (Å²) in [6, 6.07) is 10.6. The van der Waals surface area contributed by atoms with Crippen LogP contribution in [-0.4, -0.2) is 46.2 Å². The van der Waals surface area contributed by atoms with Crippen molar-refractivity contribution in [1.29, 1.82) is 5.26 Å². The van der Waals surface area contributed by atoms with E-state index in [0.717, 1.165) is 24.1 Å². The molecule has 202 valence electrons. The molecule has 5 rings (SSSR count). The van der Waals surface area contributed by atoms with Crippen LogP contribution < -0.4 is 10.6 Å². The van der Waals surface area contributed by atoms with Gasteiger partial charge in [-0.3, -0.25) is 0 Å². The molecule has 1 aromatic carbocycles. The molecule has 0 amide bonds. The van der Waals surface area contributed by atoms with Gasteiger partial charge in [0.1, 0.15) is 23.3 Å². The summed E-state index contributed by atoms with van der Waals surface area (Å²) in [5.41, 5.74) is 6.37. The van der Waals surface area contributed by atoms with Crippen molar-refractivity contribution in [3.8, 4) is 6.07 Å². The standard InChI is InChI=1S/C29H33N8OS/c1-5-18-11-25(33-26(12-18)36-39(4)38)34-28-22(16-30)17-31-29(35-28)32-23-13-20-8-6-7-19-9-10-24(37(2)3)15-21(14-23)27(19)20/h5,11-14,17,19,24H,1,6-10,15H2,2-4H3,(H2,31,32,33,34,35)/q-1. The predicted molar refractivity (Wildman–Crippen MR) is 156 cm³/mol. The van der Waals surface area contributed by atoms with E-state index in [4.69, 9.17) is 0 Å². The Kier molecular flexibility index (Phi) is 7.91. The van der Waals surface area contributed by atoms with Crippen molar-refractivity contribution in [2.45, 2.75) is 50.5 Å². The van der Waals surface area contributed by atoms with Gasteiger partial charge in [0, 0.05) is 11.7 Å². The number of anilines is 4. The number of aryl methyl sites for hydroxylation is 1. The first-order chi connectivity index (χ1) is 18.8. The van der Waals surface area contributed by atoms with E-state index in [-0.39, 0.29) is 5.56 Å². The van der Waals surface area contributed by atoms with Crippen LogP contribution in [0.3, 0.4) is 0 Å². The molecule has 0 saturated heterocycles. The lowest BCUT2D eigenvalue weighted by Gasteiger charge is -2.27. The maximum Gasteiger partial charge on any atom is 0.229 e. The first kappa shape index (κ1) is 26.8. The van der Waals surface area contributed by atoms with Crippen molar-refractivity contribution in [3.63, 3.8) is 0 Å². The van der Waals surface area contributed by atoms with Crippen LogP contribution in [0.1, 0.15) is 59.4 Å². The van der Waals surface area contributed by atoms with Gasteiger partial charge in [-0.15, -0.1) is 6.26 Å². The normalized spacial score (nSPS) is 19.1. The summed E-state index contributed by atoms with van der Waals surface area (Å²) in [6.45, 7) is 3.80. The highest BCUT2D eigenvalue weighted by molar-refractivity contribution is 7.74. The van der Waals surface area contributed by atoms with Crippen LogP contribution in [0.4, 0.5) is 29.1 Å². The number of pyridine rings is 1. The maximum atomic E-state index is 11.6. The summed E-state index contributed by atoms with van der Waals surface area (Å²) in [5.74, 6) is 2.05. The zero-order valence-corrected chi connectivity index (χ0v) is 23.4. The Morgan fingerprint density at radius 2 is 1.97 bits per heavy atom. The molecule has 10 heteroatoms. The van der Waals surface area contributed by atoms with Crippen molar-refractivity contribution >= 4 is 45.8 Å². The molecular formula is C29H33N8OS-. The lowest BCUT2D eigenvalue weighted by molar-refractivity contribution is 0.271. The smallest absolute Gasteiger partial charge is 0.229 e. The third-order valence-corrected chi connectivity index (χ3v) is 7.94. The Bertz CT molecular complexity index is 1540. The zero-order valence-electron chi connectivity index (χ0n) is 22.6. The van der Waals surface area contributed by atoms with Crippen LogP contribution >= 0.6 is 0 Å². The average Bonchev–Trinajstić information content (AvgIpc) is 3.09. The fourth-order valence-electron chi connectivity index (χ4n) is 5.68. The highest BCUT2D eigenvalue weighted by atomic mass is 32.2. The second-order valence-corrected chi connectivity index (χ2v) is 11.4. The minimum Gasteiger partial charge on any atom is -0.444 e. The van der Waals surface area contributed by atoms with Crippen molar-refractivity contribution in [3.05, 3.63) is 64.9 Å². The van der Waals surface area contributed by atoms with Crippen molar-refractivity contribution < 1.29 is 4.21 Å². The maximum absolute atomic E-state index is 11.6. The largest absolute Gasteiger partial charge is 0.444 e. The van der Waals surface area contributed by atoms with Gasteiger partial charge < -0.3 is 24.1 Å². The Labute approximate surface area is 231 Å². The lowest BCUT2D eigenvalue weighted by Crippen LogP contribution is -2.29. The summed E-state index contributed by atoms with van der Waals surface area (Å²) in [7, 11) is 2.93. The van der Waals surface area contributed by atoms with Gasteiger partial charge in [-0.25, -0.2) is 9.97 Å². The lowest BCUT2D eigenvalue weighted by atomic mass is 9.79. The quantitative estimate of drug-likeness (QED) is 0.351. The minimum absolute atomic E-state index is 0.276. The van der Waals surface area contributed by atoms with Gasteiger partial charge in [-0.2, -0.15) is 20.8 Å². The van der Waals surface area contributed by atoms with E-state index in [1.54, 1.807) is 23.8 Å².